The van der Waals surface area contributed by atoms with Gasteiger partial charge in [-0.05, 0) is 42.8 Å². The largest absolute Gasteiger partial charge is 0.491 e. The third-order valence-electron chi connectivity index (χ3n) is 3.06. The molecule has 2 rings (SSSR count). The van der Waals surface area contributed by atoms with Crippen molar-refractivity contribution in [3.8, 4) is 5.75 Å². The molecule has 106 valence electrons. The van der Waals surface area contributed by atoms with E-state index in [0.717, 1.165) is 17.8 Å². The van der Waals surface area contributed by atoms with Crippen LogP contribution in [0.3, 0.4) is 0 Å². The molecule has 20 heavy (non-hydrogen) atoms. The standard InChI is InChI=1S/C16H19FN2O/c1-3-10-20-16-11-14(8-9-15(16)18)19(2)13-6-4-12(17)5-7-13/h4-9,11H,3,10,18H2,1-2H3. The van der Waals surface area contributed by atoms with Crippen molar-refractivity contribution in [2.75, 3.05) is 24.3 Å². The summed E-state index contributed by atoms with van der Waals surface area (Å²) in [7, 11) is 1.92. The van der Waals surface area contributed by atoms with Crippen molar-refractivity contribution in [3.63, 3.8) is 0 Å². The summed E-state index contributed by atoms with van der Waals surface area (Å²) in [6.45, 7) is 2.68. The second-order valence-corrected chi connectivity index (χ2v) is 4.61. The predicted octanol–water partition coefficient (Wildman–Crippen LogP) is 3.96. The van der Waals surface area contributed by atoms with Crippen LogP contribution >= 0.6 is 0 Å². The van der Waals surface area contributed by atoms with E-state index in [-0.39, 0.29) is 5.82 Å². The minimum Gasteiger partial charge on any atom is -0.491 e. The first-order valence-electron chi connectivity index (χ1n) is 6.63. The fourth-order valence-corrected chi connectivity index (χ4v) is 1.88. The summed E-state index contributed by atoms with van der Waals surface area (Å²) in [5.74, 6) is 0.435. The van der Waals surface area contributed by atoms with E-state index < -0.39 is 0 Å². The summed E-state index contributed by atoms with van der Waals surface area (Å²) >= 11 is 0. The van der Waals surface area contributed by atoms with Crippen molar-refractivity contribution in [1.29, 1.82) is 0 Å². The number of halogens is 1. The van der Waals surface area contributed by atoms with Gasteiger partial charge in [0, 0.05) is 24.5 Å². The smallest absolute Gasteiger partial charge is 0.144 e. The highest BCUT2D eigenvalue weighted by Crippen LogP contribution is 2.31. The topological polar surface area (TPSA) is 38.5 Å². The van der Waals surface area contributed by atoms with Gasteiger partial charge in [0.15, 0.2) is 0 Å². The third kappa shape index (κ3) is 3.20. The van der Waals surface area contributed by atoms with E-state index in [1.54, 1.807) is 12.1 Å². The number of ether oxygens (including phenoxy) is 1. The van der Waals surface area contributed by atoms with Gasteiger partial charge in [-0.3, -0.25) is 0 Å². The molecule has 2 aromatic rings. The van der Waals surface area contributed by atoms with E-state index in [0.29, 0.717) is 18.0 Å². The lowest BCUT2D eigenvalue weighted by atomic mass is 10.2. The molecular weight excluding hydrogens is 255 g/mol. The number of nitrogens with zero attached hydrogens (tertiary/aromatic N) is 1. The van der Waals surface area contributed by atoms with E-state index in [1.165, 1.54) is 12.1 Å². The fraction of sp³-hybridized carbons (Fsp3) is 0.250. The van der Waals surface area contributed by atoms with Crippen molar-refractivity contribution >= 4 is 17.1 Å². The molecule has 0 fully saturated rings. The van der Waals surface area contributed by atoms with Gasteiger partial charge in [-0.1, -0.05) is 6.92 Å². The normalized spacial score (nSPS) is 10.3. The van der Waals surface area contributed by atoms with Gasteiger partial charge in [-0.2, -0.15) is 0 Å². The van der Waals surface area contributed by atoms with Crippen LogP contribution in [-0.4, -0.2) is 13.7 Å². The Morgan fingerprint density at radius 2 is 1.75 bits per heavy atom. The van der Waals surface area contributed by atoms with Gasteiger partial charge in [0.1, 0.15) is 11.6 Å². The lowest BCUT2D eigenvalue weighted by Gasteiger charge is -2.21. The zero-order valence-corrected chi connectivity index (χ0v) is 11.8. The molecule has 0 radical (unpaired) electrons. The first-order valence-corrected chi connectivity index (χ1v) is 6.63. The second-order valence-electron chi connectivity index (χ2n) is 4.61. The SMILES string of the molecule is CCCOc1cc(N(C)c2ccc(F)cc2)ccc1N. The molecule has 3 nitrogen and oxygen atoms in total. The van der Waals surface area contributed by atoms with Crippen LogP contribution in [0, 0.1) is 5.82 Å². The maximum atomic E-state index is 13.0. The number of hydrogen-bond donors (Lipinski definition) is 1. The summed E-state index contributed by atoms with van der Waals surface area (Å²) in [5, 5.41) is 0. The van der Waals surface area contributed by atoms with Crippen LogP contribution in [0.4, 0.5) is 21.5 Å². The lowest BCUT2D eigenvalue weighted by Crippen LogP contribution is -2.10. The molecule has 0 atom stereocenters. The average molecular weight is 274 g/mol. The summed E-state index contributed by atoms with van der Waals surface area (Å²) in [4.78, 5) is 1.96. The van der Waals surface area contributed by atoms with Crippen LogP contribution in [0.1, 0.15) is 13.3 Å². The average Bonchev–Trinajstić information content (AvgIpc) is 2.46. The summed E-state index contributed by atoms with van der Waals surface area (Å²) in [6.07, 6.45) is 0.928. The van der Waals surface area contributed by atoms with Gasteiger partial charge < -0.3 is 15.4 Å². The number of anilines is 3. The summed E-state index contributed by atoms with van der Waals surface area (Å²) in [6, 6.07) is 12.0. The Bertz CT molecular complexity index is 569. The maximum Gasteiger partial charge on any atom is 0.144 e. The molecule has 0 bridgehead atoms. The first-order chi connectivity index (χ1) is 9.61. The zero-order valence-electron chi connectivity index (χ0n) is 11.8. The van der Waals surface area contributed by atoms with E-state index in [4.69, 9.17) is 10.5 Å². The Balaban J connectivity index is 2.25. The Kier molecular flexibility index (Phi) is 4.45. The van der Waals surface area contributed by atoms with Crippen molar-refractivity contribution in [2.24, 2.45) is 0 Å². The van der Waals surface area contributed by atoms with Crippen LogP contribution in [0.15, 0.2) is 42.5 Å². The van der Waals surface area contributed by atoms with Gasteiger partial charge in [0.25, 0.3) is 0 Å². The number of nitrogen functional groups attached to an aromatic ring is 1. The van der Waals surface area contributed by atoms with E-state index in [1.807, 2.05) is 37.1 Å². The minimum absolute atomic E-state index is 0.244. The van der Waals surface area contributed by atoms with Crippen LogP contribution < -0.4 is 15.4 Å². The maximum absolute atomic E-state index is 13.0. The van der Waals surface area contributed by atoms with Crippen LogP contribution in [0.2, 0.25) is 0 Å². The van der Waals surface area contributed by atoms with Crippen LogP contribution in [-0.2, 0) is 0 Å². The molecule has 0 amide bonds. The van der Waals surface area contributed by atoms with Crippen LogP contribution in [0.5, 0.6) is 5.75 Å². The quantitative estimate of drug-likeness (QED) is 0.839. The van der Waals surface area contributed by atoms with Gasteiger partial charge in [-0.15, -0.1) is 0 Å². The number of nitrogens with two attached hydrogens (primary N) is 1. The minimum atomic E-state index is -0.244. The Morgan fingerprint density at radius 3 is 2.40 bits per heavy atom. The molecule has 0 saturated carbocycles. The predicted molar refractivity (Wildman–Crippen MR) is 81.1 cm³/mol. The van der Waals surface area contributed by atoms with Gasteiger partial charge >= 0.3 is 0 Å². The van der Waals surface area contributed by atoms with Gasteiger partial charge in [-0.25, -0.2) is 4.39 Å². The summed E-state index contributed by atoms with van der Waals surface area (Å²) < 4.78 is 18.6. The Morgan fingerprint density at radius 1 is 1.10 bits per heavy atom. The van der Waals surface area contributed by atoms with Crippen molar-refractivity contribution < 1.29 is 9.13 Å². The third-order valence-corrected chi connectivity index (χ3v) is 3.06. The second kappa shape index (κ2) is 6.28. The molecule has 0 aliphatic rings. The molecule has 0 aliphatic carbocycles. The summed E-state index contributed by atoms with van der Waals surface area (Å²) in [5.41, 5.74) is 8.36. The highest BCUT2D eigenvalue weighted by Gasteiger charge is 2.08. The molecule has 0 heterocycles. The molecule has 4 heteroatoms. The molecule has 2 N–H and O–H groups in total. The Labute approximate surface area is 118 Å². The highest BCUT2D eigenvalue weighted by atomic mass is 19.1. The molecule has 0 saturated heterocycles. The van der Waals surface area contributed by atoms with Gasteiger partial charge in [0.2, 0.25) is 0 Å². The van der Waals surface area contributed by atoms with E-state index >= 15 is 0 Å². The van der Waals surface area contributed by atoms with Crippen LogP contribution in [0.25, 0.3) is 0 Å². The number of hydrogen-bond acceptors (Lipinski definition) is 3. The molecule has 0 unspecified atom stereocenters. The molecule has 0 spiro atoms. The van der Waals surface area contributed by atoms with Crippen molar-refractivity contribution in [2.45, 2.75) is 13.3 Å². The monoisotopic (exact) mass is 274 g/mol. The zero-order chi connectivity index (χ0) is 14.5. The van der Waals surface area contributed by atoms with Crippen molar-refractivity contribution in [1.82, 2.24) is 0 Å². The number of benzene rings is 2. The number of rotatable bonds is 5. The highest BCUT2D eigenvalue weighted by molar-refractivity contribution is 5.68. The lowest BCUT2D eigenvalue weighted by molar-refractivity contribution is 0.319. The molecular formula is C16H19FN2O. The van der Waals surface area contributed by atoms with E-state index in [2.05, 4.69) is 0 Å². The fourth-order valence-electron chi connectivity index (χ4n) is 1.88. The first kappa shape index (κ1) is 14.2. The molecule has 2 aromatic carbocycles. The molecule has 0 aliphatic heterocycles. The van der Waals surface area contributed by atoms with Gasteiger partial charge in [0.05, 0.1) is 12.3 Å². The van der Waals surface area contributed by atoms with Crippen molar-refractivity contribution in [3.05, 3.63) is 48.3 Å². The Hall–Kier alpha value is -2.23. The van der Waals surface area contributed by atoms with E-state index in [9.17, 15) is 4.39 Å². The molecule has 0 aromatic heterocycles.